The second-order valence-electron chi connectivity index (χ2n) is 6.30. The van der Waals surface area contributed by atoms with Gasteiger partial charge in [-0.15, -0.1) is 0 Å². The maximum absolute atomic E-state index is 12.8. The molecule has 8 heteroatoms. The van der Waals surface area contributed by atoms with Gasteiger partial charge in [-0.1, -0.05) is 41.9 Å². The molecule has 148 valence electrons. The number of hydrogen-bond acceptors (Lipinski definition) is 3. The van der Waals surface area contributed by atoms with Gasteiger partial charge in [-0.2, -0.15) is 13.2 Å². The molecule has 0 aromatic heterocycles. The van der Waals surface area contributed by atoms with E-state index in [1.54, 1.807) is 42.5 Å². The highest BCUT2D eigenvalue weighted by atomic mass is 35.5. The van der Waals surface area contributed by atoms with E-state index in [1.165, 1.54) is 0 Å². The molecule has 1 aliphatic rings. The number of hydrogen-bond donors (Lipinski definition) is 1. The Morgan fingerprint density at radius 1 is 1.00 bits per heavy atom. The van der Waals surface area contributed by atoms with Crippen LogP contribution in [0.15, 0.2) is 66.7 Å². The van der Waals surface area contributed by atoms with E-state index < -0.39 is 17.8 Å². The first kappa shape index (κ1) is 19.1. The second-order valence-corrected chi connectivity index (χ2v) is 6.71. The van der Waals surface area contributed by atoms with Crippen LogP contribution in [0.2, 0.25) is 5.02 Å². The average molecular weight is 420 g/mol. The van der Waals surface area contributed by atoms with Gasteiger partial charge in [0.1, 0.15) is 17.2 Å². The minimum atomic E-state index is -4.49. The summed E-state index contributed by atoms with van der Waals surface area (Å²) in [7, 11) is 0. The van der Waals surface area contributed by atoms with Crippen molar-refractivity contribution in [2.45, 2.75) is 12.3 Å². The smallest absolute Gasteiger partial charge is 0.416 e. The molecule has 3 aromatic carbocycles. The van der Waals surface area contributed by atoms with Gasteiger partial charge in [-0.3, -0.25) is 4.79 Å². The van der Waals surface area contributed by atoms with Crippen molar-refractivity contribution >= 4 is 23.2 Å². The number of nitrogens with one attached hydrogen (secondary N) is 1. The Bertz CT molecular complexity index is 1070. The van der Waals surface area contributed by atoms with Crippen LogP contribution >= 0.6 is 11.6 Å². The molecule has 1 heterocycles. The molecule has 4 rings (SSSR count). The van der Waals surface area contributed by atoms with E-state index in [1.807, 2.05) is 6.07 Å². The van der Waals surface area contributed by atoms with Gasteiger partial charge in [0, 0.05) is 11.6 Å². The number of ether oxygens (including phenoxy) is 2. The summed E-state index contributed by atoms with van der Waals surface area (Å²) in [4.78, 5) is 12.3. The number of anilines is 1. The van der Waals surface area contributed by atoms with Gasteiger partial charge < -0.3 is 14.8 Å². The molecular formula is C21H13ClF3NO3. The van der Waals surface area contributed by atoms with Gasteiger partial charge in [-0.25, -0.2) is 0 Å². The molecule has 1 atom stereocenters. The predicted molar refractivity (Wildman–Crippen MR) is 101 cm³/mol. The van der Waals surface area contributed by atoms with E-state index in [9.17, 15) is 18.0 Å². The Morgan fingerprint density at radius 2 is 1.76 bits per heavy atom. The first-order chi connectivity index (χ1) is 13.8. The summed E-state index contributed by atoms with van der Waals surface area (Å²) in [5.41, 5.74) is 0.290. The summed E-state index contributed by atoms with van der Waals surface area (Å²) in [5, 5.41) is 2.59. The summed E-state index contributed by atoms with van der Waals surface area (Å²) in [6.45, 7) is 0. The Balaban J connectivity index is 1.59. The number of carbonyl (C=O) groups excluding carboxylic acids is 1. The maximum atomic E-state index is 12.8. The van der Waals surface area contributed by atoms with Crippen molar-refractivity contribution in [1.82, 2.24) is 0 Å². The molecule has 3 aromatic rings. The third-order valence-electron chi connectivity index (χ3n) is 4.28. The van der Waals surface area contributed by atoms with Crippen molar-refractivity contribution < 1.29 is 27.4 Å². The van der Waals surface area contributed by atoms with Crippen LogP contribution in [0.1, 0.15) is 17.2 Å². The Morgan fingerprint density at radius 3 is 2.45 bits per heavy atom. The zero-order chi connectivity index (χ0) is 20.6. The molecule has 0 aliphatic carbocycles. The van der Waals surface area contributed by atoms with Gasteiger partial charge in [0.05, 0.1) is 16.3 Å². The topological polar surface area (TPSA) is 47.6 Å². The van der Waals surface area contributed by atoms with Gasteiger partial charge in [0.15, 0.2) is 0 Å². The molecule has 0 fully saturated rings. The summed E-state index contributed by atoms with van der Waals surface area (Å²) >= 11 is 5.94. The van der Waals surface area contributed by atoms with E-state index in [2.05, 4.69) is 5.32 Å². The highest BCUT2D eigenvalue weighted by Gasteiger charge is 2.31. The third-order valence-corrected chi connectivity index (χ3v) is 4.58. The summed E-state index contributed by atoms with van der Waals surface area (Å²) in [6, 6.07) is 16.5. The molecule has 1 amide bonds. The van der Waals surface area contributed by atoms with E-state index >= 15 is 0 Å². The predicted octanol–water partition coefficient (Wildman–Crippen LogP) is 6.22. The molecule has 0 spiro atoms. The van der Waals surface area contributed by atoms with Crippen molar-refractivity contribution in [1.29, 1.82) is 0 Å². The number of halogens is 4. The van der Waals surface area contributed by atoms with E-state index in [4.69, 9.17) is 21.1 Å². The zero-order valence-corrected chi connectivity index (χ0v) is 15.4. The number of rotatable bonds is 3. The molecule has 1 unspecified atom stereocenters. The molecule has 1 aliphatic heterocycles. The van der Waals surface area contributed by atoms with Crippen molar-refractivity contribution in [3.05, 3.63) is 82.9 Å². The second kappa shape index (κ2) is 7.33. The molecule has 1 N–H and O–H groups in total. The molecular weight excluding hydrogens is 407 g/mol. The van der Waals surface area contributed by atoms with Crippen LogP contribution in [-0.2, 0) is 11.0 Å². The Hall–Kier alpha value is -3.19. The molecule has 4 nitrogen and oxygen atoms in total. The molecule has 0 bridgehead atoms. The van der Waals surface area contributed by atoms with Crippen molar-refractivity contribution in [3.63, 3.8) is 0 Å². The molecule has 29 heavy (non-hydrogen) atoms. The lowest BCUT2D eigenvalue weighted by molar-refractivity contribution is -0.137. The van der Waals surface area contributed by atoms with E-state index in [0.717, 1.165) is 18.2 Å². The van der Waals surface area contributed by atoms with E-state index in [0.29, 0.717) is 22.7 Å². The normalized spacial score (nSPS) is 15.9. The standard InChI is InChI=1S/C21H13ClF3NO3/c22-15-10-13(21(23,24)25)6-9-17(15)28-14-7-8-16-18(11-14)29-19(20(27)26-16)12-4-2-1-3-5-12/h1-11,19H,(H,26,27). The van der Waals surface area contributed by atoms with Crippen molar-refractivity contribution in [2.24, 2.45) is 0 Å². The fraction of sp³-hybridized carbons (Fsp3) is 0.0952. The highest BCUT2D eigenvalue weighted by molar-refractivity contribution is 6.32. The van der Waals surface area contributed by atoms with E-state index in [-0.39, 0.29) is 16.7 Å². The number of amides is 1. The lowest BCUT2D eigenvalue weighted by atomic mass is 10.1. The fourth-order valence-corrected chi connectivity index (χ4v) is 3.10. The van der Waals surface area contributed by atoms with Crippen LogP contribution in [0.5, 0.6) is 17.2 Å². The average Bonchev–Trinajstić information content (AvgIpc) is 2.69. The van der Waals surface area contributed by atoms with Crippen LogP contribution in [-0.4, -0.2) is 5.91 Å². The minimum absolute atomic E-state index is 0.0686. The SMILES string of the molecule is O=C1Nc2ccc(Oc3ccc(C(F)(F)F)cc3Cl)cc2OC1c1ccccc1. The molecule has 0 radical (unpaired) electrons. The van der Waals surface area contributed by atoms with Crippen LogP contribution in [0.25, 0.3) is 0 Å². The first-order valence-corrected chi connectivity index (χ1v) is 8.90. The third kappa shape index (κ3) is 4.00. The lowest BCUT2D eigenvalue weighted by Gasteiger charge is -2.26. The molecule has 0 saturated carbocycles. The number of benzene rings is 3. The largest absolute Gasteiger partial charge is 0.473 e. The number of carbonyl (C=O) groups is 1. The van der Waals surface area contributed by atoms with Gasteiger partial charge >= 0.3 is 6.18 Å². The summed E-state index contributed by atoms with van der Waals surface area (Å²) in [5.74, 6) is 0.439. The first-order valence-electron chi connectivity index (χ1n) is 8.52. The highest BCUT2D eigenvalue weighted by Crippen LogP contribution is 2.40. The quantitative estimate of drug-likeness (QED) is 0.548. The fourth-order valence-electron chi connectivity index (χ4n) is 2.88. The van der Waals surface area contributed by atoms with Crippen LogP contribution < -0.4 is 14.8 Å². The zero-order valence-electron chi connectivity index (χ0n) is 14.7. The Labute approximate surface area is 168 Å². The van der Waals surface area contributed by atoms with Gasteiger partial charge in [0.25, 0.3) is 5.91 Å². The minimum Gasteiger partial charge on any atom is -0.473 e. The van der Waals surface area contributed by atoms with Crippen molar-refractivity contribution in [3.8, 4) is 17.2 Å². The summed E-state index contributed by atoms with van der Waals surface area (Å²) in [6.07, 6.45) is -5.32. The Kier molecular flexibility index (Phi) is 4.84. The van der Waals surface area contributed by atoms with Crippen LogP contribution in [0, 0.1) is 0 Å². The van der Waals surface area contributed by atoms with Crippen molar-refractivity contribution in [2.75, 3.05) is 5.32 Å². The van der Waals surface area contributed by atoms with Crippen LogP contribution in [0.4, 0.5) is 18.9 Å². The monoisotopic (exact) mass is 419 g/mol. The maximum Gasteiger partial charge on any atom is 0.416 e. The number of fused-ring (bicyclic) bond motifs is 1. The van der Waals surface area contributed by atoms with Gasteiger partial charge in [0.2, 0.25) is 6.10 Å². The van der Waals surface area contributed by atoms with Crippen LogP contribution in [0.3, 0.4) is 0 Å². The number of alkyl halides is 3. The lowest BCUT2D eigenvalue weighted by Crippen LogP contribution is -2.30. The van der Waals surface area contributed by atoms with Gasteiger partial charge in [-0.05, 0) is 30.3 Å². The summed E-state index contributed by atoms with van der Waals surface area (Å²) < 4.78 is 49.8. The molecule has 0 saturated heterocycles.